The number of carbonyl (C=O) groups excluding carboxylic acids is 2. The van der Waals surface area contributed by atoms with Crippen molar-refractivity contribution >= 4 is 51.6 Å². The van der Waals surface area contributed by atoms with E-state index in [1.54, 1.807) is 24.3 Å². The number of methoxy groups -OCH3 is 1. The molecule has 0 aliphatic carbocycles. The number of amides is 2. The molecular formula is C21H19FINO4S. The molecule has 0 radical (unpaired) electrons. The van der Waals surface area contributed by atoms with Crippen LogP contribution >= 0.6 is 34.4 Å². The Hall–Kier alpha value is -2.07. The minimum atomic E-state index is -0.298. The van der Waals surface area contributed by atoms with E-state index in [1.165, 1.54) is 24.1 Å². The highest BCUT2D eigenvalue weighted by Gasteiger charge is 2.34. The number of benzene rings is 2. The van der Waals surface area contributed by atoms with Gasteiger partial charge in [0, 0.05) is 6.54 Å². The van der Waals surface area contributed by atoms with Crippen molar-refractivity contribution in [3.05, 3.63) is 61.8 Å². The van der Waals surface area contributed by atoms with Crippen LogP contribution in [0.5, 0.6) is 11.5 Å². The first-order valence-electron chi connectivity index (χ1n) is 8.93. The monoisotopic (exact) mass is 527 g/mol. The summed E-state index contributed by atoms with van der Waals surface area (Å²) < 4.78 is 25.2. The number of hydrogen-bond donors (Lipinski definition) is 0. The lowest BCUT2D eigenvalue weighted by Crippen LogP contribution is -2.28. The molecule has 0 spiro atoms. The van der Waals surface area contributed by atoms with E-state index in [4.69, 9.17) is 9.47 Å². The molecule has 1 fully saturated rings. The third-order valence-corrected chi connectivity index (χ3v) is 5.88. The highest BCUT2D eigenvalue weighted by molar-refractivity contribution is 14.1. The molecule has 0 saturated carbocycles. The fourth-order valence-corrected chi connectivity index (χ4v) is 4.41. The largest absolute Gasteiger partial charge is 0.493 e. The zero-order valence-electron chi connectivity index (χ0n) is 15.9. The van der Waals surface area contributed by atoms with Gasteiger partial charge in [-0.1, -0.05) is 19.1 Å². The molecule has 5 nitrogen and oxygen atoms in total. The first-order valence-corrected chi connectivity index (χ1v) is 10.8. The molecule has 152 valence electrons. The normalized spacial score (nSPS) is 15.3. The van der Waals surface area contributed by atoms with Crippen LogP contribution in [0, 0.1) is 9.39 Å². The number of rotatable bonds is 7. The van der Waals surface area contributed by atoms with Crippen LogP contribution in [0.25, 0.3) is 6.08 Å². The molecule has 1 saturated heterocycles. The van der Waals surface area contributed by atoms with Gasteiger partial charge in [-0.3, -0.25) is 14.5 Å². The van der Waals surface area contributed by atoms with Crippen LogP contribution < -0.4 is 9.47 Å². The minimum Gasteiger partial charge on any atom is -0.493 e. The van der Waals surface area contributed by atoms with Crippen LogP contribution in [-0.2, 0) is 11.4 Å². The second-order valence-electron chi connectivity index (χ2n) is 6.28. The van der Waals surface area contributed by atoms with Crippen molar-refractivity contribution < 1.29 is 23.5 Å². The zero-order chi connectivity index (χ0) is 21.0. The Bertz CT molecular complexity index is 962. The highest BCUT2D eigenvalue weighted by Crippen LogP contribution is 2.37. The average Bonchev–Trinajstić information content (AvgIpc) is 2.96. The number of hydrogen-bond acceptors (Lipinski definition) is 5. The first-order chi connectivity index (χ1) is 13.9. The predicted octanol–water partition coefficient (Wildman–Crippen LogP) is 5.46. The van der Waals surface area contributed by atoms with Crippen molar-refractivity contribution in [1.29, 1.82) is 0 Å². The summed E-state index contributed by atoms with van der Waals surface area (Å²) in [6.45, 7) is 2.60. The maximum absolute atomic E-state index is 13.0. The van der Waals surface area contributed by atoms with Gasteiger partial charge >= 0.3 is 0 Å². The highest BCUT2D eigenvalue weighted by atomic mass is 127. The van der Waals surface area contributed by atoms with Gasteiger partial charge in [-0.2, -0.15) is 0 Å². The standard InChI is InChI=1S/C21H19FINO4S/c1-3-8-24-20(25)18(29-21(24)26)11-14-9-16(23)19(17(10-14)27-2)28-12-13-4-6-15(22)7-5-13/h4-7,9-11H,3,8,12H2,1-2H3/b18-11+. The van der Waals surface area contributed by atoms with Gasteiger partial charge in [-0.25, -0.2) is 4.39 Å². The smallest absolute Gasteiger partial charge is 0.293 e. The lowest BCUT2D eigenvalue weighted by Gasteiger charge is -2.14. The van der Waals surface area contributed by atoms with Gasteiger partial charge in [0.15, 0.2) is 11.5 Å². The van der Waals surface area contributed by atoms with Crippen LogP contribution in [0.15, 0.2) is 41.3 Å². The summed E-state index contributed by atoms with van der Waals surface area (Å²) in [5.74, 6) is 0.507. The van der Waals surface area contributed by atoms with E-state index in [2.05, 4.69) is 22.6 Å². The maximum atomic E-state index is 13.0. The summed E-state index contributed by atoms with van der Waals surface area (Å²) in [5.41, 5.74) is 1.57. The van der Waals surface area contributed by atoms with E-state index < -0.39 is 0 Å². The van der Waals surface area contributed by atoms with Gasteiger partial charge in [0.1, 0.15) is 12.4 Å². The molecule has 1 aliphatic rings. The van der Waals surface area contributed by atoms with Crippen LogP contribution in [-0.4, -0.2) is 29.7 Å². The molecule has 0 aromatic heterocycles. The van der Waals surface area contributed by atoms with Crippen molar-refractivity contribution in [2.24, 2.45) is 0 Å². The predicted molar refractivity (Wildman–Crippen MR) is 119 cm³/mol. The van der Waals surface area contributed by atoms with Crippen LogP contribution in [0.1, 0.15) is 24.5 Å². The molecular weight excluding hydrogens is 508 g/mol. The fraction of sp³-hybridized carbons (Fsp3) is 0.238. The van der Waals surface area contributed by atoms with Crippen LogP contribution in [0.4, 0.5) is 9.18 Å². The van der Waals surface area contributed by atoms with Gasteiger partial charge in [-0.15, -0.1) is 0 Å². The van der Waals surface area contributed by atoms with Crippen LogP contribution in [0.2, 0.25) is 0 Å². The van der Waals surface area contributed by atoms with Gasteiger partial charge in [0.2, 0.25) is 0 Å². The SMILES string of the molecule is CCCN1C(=O)S/C(=C/c2cc(I)c(OCc3ccc(F)cc3)c(OC)c2)C1=O. The van der Waals surface area contributed by atoms with E-state index in [0.717, 1.165) is 32.9 Å². The van der Waals surface area contributed by atoms with Gasteiger partial charge in [0.05, 0.1) is 15.6 Å². The number of halogens is 2. The van der Waals surface area contributed by atoms with E-state index >= 15 is 0 Å². The molecule has 0 atom stereocenters. The molecule has 2 amide bonds. The van der Waals surface area contributed by atoms with E-state index in [-0.39, 0.29) is 23.6 Å². The average molecular weight is 527 g/mol. The van der Waals surface area contributed by atoms with Crippen molar-refractivity contribution in [3.8, 4) is 11.5 Å². The van der Waals surface area contributed by atoms with Gasteiger partial charge < -0.3 is 9.47 Å². The van der Waals surface area contributed by atoms with E-state index in [9.17, 15) is 14.0 Å². The van der Waals surface area contributed by atoms with E-state index in [1.807, 2.05) is 13.0 Å². The molecule has 0 N–H and O–H groups in total. The molecule has 29 heavy (non-hydrogen) atoms. The Balaban J connectivity index is 1.82. The van der Waals surface area contributed by atoms with E-state index in [0.29, 0.717) is 22.9 Å². The summed E-state index contributed by atoms with van der Waals surface area (Å²) in [7, 11) is 1.54. The lowest BCUT2D eigenvalue weighted by molar-refractivity contribution is -0.122. The molecule has 0 unspecified atom stereocenters. The third kappa shape index (κ3) is 5.11. The zero-order valence-corrected chi connectivity index (χ0v) is 18.9. The quantitative estimate of drug-likeness (QED) is 0.354. The molecule has 1 aliphatic heterocycles. The Morgan fingerprint density at radius 1 is 1.21 bits per heavy atom. The summed E-state index contributed by atoms with van der Waals surface area (Å²) in [5, 5.41) is -0.246. The first kappa shape index (κ1) is 21.6. The summed E-state index contributed by atoms with van der Waals surface area (Å²) in [4.78, 5) is 26.1. The molecule has 0 bridgehead atoms. The second kappa shape index (κ2) is 9.62. The number of nitrogens with zero attached hydrogens (tertiary/aromatic N) is 1. The summed E-state index contributed by atoms with van der Waals surface area (Å²) >= 11 is 3.08. The molecule has 2 aromatic rings. The second-order valence-corrected chi connectivity index (χ2v) is 8.44. The third-order valence-electron chi connectivity index (χ3n) is 4.17. The fourth-order valence-electron chi connectivity index (χ4n) is 2.77. The summed E-state index contributed by atoms with van der Waals surface area (Å²) in [6.07, 6.45) is 2.41. The maximum Gasteiger partial charge on any atom is 0.293 e. The number of thioether (sulfide) groups is 1. The van der Waals surface area contributed by atoms with Gasteiger partial charge in [-0.05, 0) is 82.2 Å². The number of ether oxygens (including phenoxy) is 2. The Kier molecular flexibility index (Phi) is 7.18. The van der Waals surface area contributed by atoms with Crippen molar-refractivity contribution in [2.45, 2.75) is 20.0 Å². The molecule has 1 heterocycles. The molecule has 2 aromatic carbocycles. The minimum absolute atomic E-state index is 0.246. The lowest BCUT2D eigenvalue weighted by atomic mass is 10.1. The Labute approximate surface area is 186 Å². The number of imide groups is 1. The van der Waals surface area contributed by atoms with Crippen LogP contribution in [0.3, 0.4) is 0 Å². The topological polar surface area (TPSA) is 55.8 Å². The van der Waals surface area contributed by atoms with Crippen molar-refractivity contribution in [3.63, 3.8) is 0 Å². The Morgan fingerprint density at radius 2 is 1.93 bits per heavy atom. The van der Waals surface area contributed by atoms with Crippen molar-refractivity contribution in [2.75, 3.05) is 13.7 Å². The Morgan fingerprint density at radius 3 is 2.59 bits per heavy atom. The van der Waals surface area contributed by atoms with Crippen molar-refractivity contribution in [1.82, 2.24) is 4.90 Å². The van der Waals surface area contributed by atoms with Gasteiger partial charge in [0.25, 0.3) is 11.1 Å². The summed E-state index contributed by atoms with van der Waals surface area (Å²) in [6, 6.07) is 9.71. The number of carbonyl (C=O) groups is 2. The molecule has 3 rings (SSSR count). The molecule has 8 heteroatoms.